The van der Waals surface area contributed by atoms with E-state index >= 15 is 0 Å². The van der Waals surface area contributed by atoms with Gasteiger partial charge in [-0.3, -0.25) is 0 Å². The predicted molar refractivity (Wildman–Crippen MR) is 65.8 cm³/mol. The van der Waals surface area contributed by atoms with Crippen LogP contribution in [0.25, 0.3) is 0 Å². The second-order valence-corrected chi connectivity index (χ2v) is 5.95. The molecular formula is C11H20N2O3S. The fourth-order valence-corrected chi connectivity index (χ4v) is 2.98. The summed E-state index contributed by atoms with van der Waals surface area (Å²) in [4.78, 5) is 0. The molecule has 0 aliphatic heterocycles. The number of hydrogen-bond acceptors (Lipinski definition) is 4. The Bertz CT molecular complexity index is 451. The minimum Gasteiger partial charge on any atom is -0.447 e. The van der Waals surface area contributed by atoms with Crippen LogP contribution in [0.2, 0.25) is 0 Å². The zero-order chi connectivity index (χ0) is 13.1. The van der Waals surface area contributed by atoms with Gasteiger partial charge in [-0.25, -0.2) is 13.1 Å². The van der Waals surface area contributed by atoms with Crippen molar-refractivity contribution in [2.75, 3.05) is 0 Å². The van der Waals surface area contributed by atoms with Crippen LogP contribution in [-0.2, 0) is 16.6 Å². The molecule has 0 saturated carbocycles. The highest BCUT2D eigenvalue weighted by Gasteiger charge is 2.23. The topological polar surface area (TPSA) is 85.3 Å². The highest BCUT2D eigenvalue weighted by atomic mass is 32.2. The van der Waals surface area contributed by atoms with Crippen LogP contribution in [0.5, 0.6) is 0 Å². The number of furan rings is 1. The first-order valence-corrected chi connectivity index (χ1v) is 7.20. The molecule has 0 aliphatic carbocycles. The van der Waals surface area contributed by atoms with Gasteiger partial charge in [-0.2, -0.15) is 0 Å². The van der Waals surface area contributed by atoms with Crippen LogP contribution in [0.4, 0.5) is 0 Å². The highest BCUT2D eigenvalue weighted by Crippen LogP contribution is 2.16. The largest absolute Gasteiger partial charge is 0.447 e. The average Bonchev–Trinajstić information content (AvgIpc) is 2.74. The molecular weight excluding hydrogens is 240 g/mol. The molecule has 6 heteroatoms. The van der Waals surface area contributed by atoms with Gasteiger partial charge in [0.15, 0.2) is 0 Å². The molecule has 0 radical (unpaired) electrons. The monoisotopic (exact) mass is 260 g/mol. The molecule has 98 valence electrons. The van der Waals surface area contributed by atoms with Crippen molar-refractivity contribution < 1.29 is 12.8 Å². The summed E-state index contributed by atoms with van der Waals surface area (Å²) in [6, 6.07) is 2.91. The lowest BCUT2D eigenvalue weighted by atomic mass is 10.0. The molecule has 1 aromatic heterocycles. The molecule has 17 heavy (non-hydrogen) atoms. The number of rotatable bonds is 6. The Balaban J connectivity index is 2.88. The molecule has 1 unspecified atom stereocenters. The second kappa shape index (κ2) is 5.66. The van der Waals surface area contributed by atoms with Gasteiger partial charge in [-0.05, 0) is 24.5 Å². The zero-order valence-electron chi connectivity index (χ0n) is 10.4. The predicted octanol–water partition coefficient (Wildman–Crippen LogP) is 1.45. The molecule has 0 bridgehead atoms. The third-order valence-corrected chi connectivity index (χ3v) is 4.02. The summed E-state index contributed by atoms with van der Waals surface area (Å²) in [5.74, 6) is 0.696. The van der Waals surface area contributed by atoms with Crippen LogP contribution >= 0.6 is 0 Å². The van der Waals surface area contributed by atoms with Crippen molar-refractivity contribution in [1.82, 2.24) is 4.72 Å². The maximum absolute atomic E-state index is 12.0. The fraction of sp³-hybridized carbons (Fsp3) is 0.636. The maximum atomic E-state index is 12.0. The Hall–Kier alpha value is -0.850. The van der Waals surface area contributed by atoms with Crippen molar-refractivity contribution in [2.24, 2.45) is 11.7 Å². The first-order chi connectivity index (χ1) is 7.90. The summed E-state index contributed by atoms with van der Waals surface area (Å²) in [5.41, 5.74) is 5.37. The van der Waals surface area contributed by atoms with Gasteiger partial charge >= 0.3 is 0 Å². The molecule has 1 atom stereocenters. The fourth-order valence-electron chi connectivity index (χ4n) is 1.56. The molecule has 1 aromatic rings. The molecule has 1 heterocycles. The average molecular weight is 260 g/mol. The van der Waals surface area contributed by atoms with E-state index in [4.69, 9.17) is 10.2 Å². The Kier molecular flexibility index (Phi) is 4.73. The second-order valence-electron chi connectivity index (χ2n) is 4.30. The molecule has 0 amide bonds. The number of hydrogen-bond donors (Lipinski definition) is 2. The van der Waals surface area contributed by atoms with Gasteiger partial charge in [0.2, 0.25) is 5.09 Å². The van der Waals surface area contributed by atoms with Gasteiger partial charge in [0.1, 0.15) is 5.76 Å². The molecule has 0 aliphatic rings. The van der Waals surface area contributed by atoms with Crippen LogP contribution < -0.4 is 10.5 Å². The first-order valence-electron chi connectivity index (χ1n) is 5.71. The van der Waals surface area contributed by atoms with E-state index in [9.17, 15) is 8.42 Å². The molecule has 5 nitrogen and oxygen atoms in total. The zero-order valence-corrected chi connectivity index (χ0v) is 11.3. The standard InChI is InChI=1S/C11H20N2O3S/c1-4-10(8(2)3)13-17(14,15)11-6-5-9(7-12)16-11/h5-6,8,10,13H,4,7,12H2,1-3H3. The highest BCUT2D eigenvalue weighted by molar-refractivity contribution is 7.89. The van der Waals surface area contributed by atoms with E-state index in [1.54, 1.807) is 6.07 Å². The van der Waals surface area contributed by atoms with Crippen LogP contribution in [-0.4, -0.2) is 14.5 Å². The number of nitrogens with two attached hydrogens (primary N) is 1. The van der Waals surface area contributed by atoms with Crippen molar-refractivity contribution in [3.63, 3.8) is 0 Å². The van der Waals surface area contributed by atoms with Gasteiger partial charge in [-0.1, -0.05) is 20.8 Å². The lowest BCUT2D eigenvalue weighted by molar-refractivity contribution is 0.396. The summed E-state index contributed by atoms with van der Waals surface area (Å²) in [5, 5.41) is -0.0722. The Morgan fingerprint density at radius 2 is 2.06 bits per heavy atom. The van der Waals surface area contributed by atoms with Crippen LogP contribution in [0.1, 0.15) is 33.0 Å². The lowest BCUT2D eigenvalue weighted by Gasteiger charge is -2.19. The van der Waals surface area contributed by atoms with Crippen molar-refractivity contribution in [1.29, 1.82) is 0 Å². The number of nitrogens with one attached hydrogen (secondary N) is 1. The van der Waals surface area contributed by atoms with Crippen molar-refractivity contribution >= 4 is 10.0 Å². The molecule has 0 fully saturated rings. The Morgan fingerprint density at radius 1 is 1.41 bits per heavy atom. The summed E-state index contributed by atoms with van der Waals surface area (Å²) >= 11 is 0. The SMILES string of the molecule is CCC(NS(=O)(=O)c1ccc(CN)o1)C(C)C. The van der Waals surface area contributed by atoms with E-state index < -0.39 is 10.0 Å². The van der Waals surface area contributed by atoms with Crippen molar-refractivity contribution in [3.05, 3.63) is 17.9 Å². The van der Waals surface area contributed by atoms with E-state index in [0.717, 1.165) is 6.42 Å². The van der Waals surface area contributed by atoms with Gasteiger partial charge in [-0.15, -0.1) is 0 Å². The summed E-state index contributed by atoms with van der Waals surface area (Å²) in [7, 11) is -3.58. The van der Waals surface area contributed by atoms with Crippen LogP contribution in [0.15, 0.2) is 21.6 Å². The third-order valence-electron chi connectivity index (χ3n) is 2.65. The molecule has 1 rings (SSSR count). The summed E-state index contributed by atoms with van der Waals surface area (Å²) in [6.45, 7) is 6.09. The smallest absolute Gasteiger partial charge is 0.274 e. The summed E-state index contributed by atoms with van der Waals surface area (Å²) < 4.78 is 31.8. The maximum Gasteiger partial charge on any atom is 0.274 e. The molecule has 0 spiro atoms. The van der Waals surface area contributed by atoms with Crippen LogP contribution in [0.3, 0.4) is 0 Å². The van der Waals surface area contributed by atoms with Crippen molar-refractivity contribution in [3.8, 4) is 0 Å². The van der Waals surface area contributed by atoms with E-state index in [0.29, 0.717) is 5.76 Å². The lowest BCUT2D eigenvalue weighted by Crippen LogP contribution is -2.37. The quantitative estimate of drug-likeness (QED) is 0.810. The molecule has 3 N–H and O–H groups in total. The minimum absolute atomic E-state index is 0.0722. The molecule has 0 aromatic carbocycles. The van der Waals surface area contributed by atoms with E-state index in [1.807, 2.05) is 20.8 Å². The van der Waals surface area contributed by atoms with Gasteiger partial charge in [0.25, 0.3) is 10.0 Å². The van der Waals surface area contributed by atoms with E-state index in [2.05, 4.69) is 4.72 Å². The van der Waals surface area contributed by atoms with E-state index in [1.165, 1.54) is 6.07 Å². The van der Waals surface area contributed by atoms with E-state index in [-0.39, 0.29) is 23.6 Å². The van der Waals surface area contributed by atoms with Crippen LogP contribution in [0, 0.1) is 5.92 Å². The third kappa shape index (κ3) is 3.55. The number of sulfonamides is 1. The van der Waals surface area contributed by atoms with Gasteiger partial charge < -0.3 is 10.2 Å². The Morgan fingerprint density at radius 3 is 2.47 bits per heavy atom. The summed E-state index contributed by atoms with van der Waals surface area (Å²) in [6.07, 6.45) is 0.737. The van der Waals surface area contributed by atoms with Crippen molar-refractivity contribution in [2.45, 2.75) is 44.9 Å². The normalized spacial score (nSPS) is 14.2. The molecule has 0 saturated heterocycles. The minimum atomic E-state index is -3.58. The first kappa shape index (κ1) is 14.2. The Labute approximate surface area is 102 Å². The van der Waals surface area contributed by atoms with Gasteiger partial charge in [0.05, 0.1) is 6.54 Å². The van der Waals surface area contributed by atoms with Gasteiger partial charge in [0, 0.05) is 6.04 Å².